The fourth-order valence-electron chi connectivity index (χ4n) is 4.75. The van der Waals surface area contributed by atoms with Crippen molar-refractivity contribution in [3.8, 4) is 5.75 Å². The third-order valence-corrected chi connectivity index (χ3v) is 6.46. The molecule has 0 fully saturated rings. The first-order valence-corrected chi connectivity index (χ1v) is 11.0. The molecule has 0 radical (unpaired) electrons. The minimum atomic E-state index is -0.418. The Labute approximate surface area is 184 Å². The lowest BCUT2D eigenvalue weighted by Crippen LogP contribution is -2.16. The topological polar surface area (TPSA) is 92.7 Å². The van der Waals surface area contributed by atoms with Crippen LogP contribution < -0.4 is 10.9 Å². The van der Waals surface area contributed by atoms with Crippen molar-refractivity contribution in [2.75, 3.05) is 5.32 Å². The molecule has 4 aromatic rings. The van der Waals surface area contributed by atoms with Crippen molar-refractivity contribution < 1.29 is 18.7 Å². The van der Waals surface area contributed by atoms with Crippen LogP contribution in [0, 0.1) is 13.8 Å². The van der Waals surface area contributed by atoms with Crippen LogP contribution in [0.25, 0.3) is 21.9 Å². The van der Waals surface area contributed by atoms with E-state index < -0.39 is 5.63 Å². The number of aromatic hydroxyl groups is 1. The number of nitrogens with one attached hydrogen (secondary N) is 1. The number of phenolic OH excluding ortho intramolecular Hbond substituents is 1. The predicted octanol–water partition coefficient (Wildman–Crippen LogP) is 5.31. The van der Waals surface area contributed by atoms with Gasteiger partial charge in [-0.3, -0.25) is 4.79 Å². The lowest BCUT2D eigenvalue weighted by Gasteiger charge is -2.11. The van der Waals surface area contributed by atoms with Gasteiger partial charge in [-0.05, 0) is 63.3 Å². The Kier molecular flexibility index (Phi) is 5.00. The van der Waals surface area contributed by atoms with Crippen molar-refractivity contribution in [1.82, 2.24) is 0 Å². The first kappa shape index (κ1) is 20.4. The second-order valence-electron chi connectivity index (χ2n) is 8.56. The molecule has 0 spiro atoms. The first-order valence-electron chi connectivity index (χ1n) is 11.0. The number of aryl methyl sites for hydroxylation is 4. The molecular formula is C26H25NO5. The maximum Gasteiger partial charge on any atom is 0.339 e. The normalized spacial score (nSPS) is 13.4. The minimum Gasteiger partial charge on any atom is -0.508 e. The average Bonchev–Trinajstić information content (AvgIpc) is 3.14. The Hall–Kier alpha value is -3.54. The summed E-state index contributed by atoms with van der Waals surface area (Å²) in [6, 6.07) is 8.46. The molecular weight excluding hydrogens is 406 g/mol. The summed E-state index contributed by atoms with van der Waals surface area (Å²) in [5.74, 6) is 0.899. The Morgan fingerprint density at radius 2 is 1.81 bits per heavy atom. The van der Waals surface area contributed by atoms with E-state index in [0.717, 1.165) is 58.9 Å². The van der Waals surface area contributed by atoms with Crippen LogP contribution in [0.3, 0.4) is 0 Å². The molecule has 0 bridgehead atoms. The Morgan fingerprint density at radius 1 is 1.03 bits per heavy atom. The molecule has 2 heterocycles. The highest BCUT2D eigenvalue weighted by atomic mass is 16.4. The van der Waals surface area contributed by atoms with E-state index in [1.165, 1.54) is 17.7 Å². The highest BCUT2D eigenvalue weighted by Gasteiger charge is 2.23. The number of hydrogen-bond acceptors (Lipinski definition) is 5. The molecule has 1 aliphatic rings. The van der Waals surface area contributed by atoms with E-state index in [9.17, 15) is 14.7 Å². The van der Waals surface area contributed by atoms with Crippen LogP contribution in [0.15, 0.2) is 44.0 Å². The van der Waals surface area contributed by atoms with Gasteiger partial charge in [0.2, 0.25) is 5.91 Å². The van der Waals surface area contributed by atoms with E-state index in [-0.39, 0.29) is 24.5 Å². The second kappa shape index (κ2) is 7.86. The number of carbonyl (C=O) groups is 1. The summed E-state index contributed by atoms with van der Waals surface area (Å²) in [4.78, 5) is 25.2. The van der Waals surface area contributed by atoms with Crippen LogP contribution in [-0.4, -0.2) is 11.0 Å². The number of fused-ring (bicyclic) bond motifs is 4. The third-order valence-electron chi connectivity index (χ3n) is 6.46. The highest BCUT2D eigenvalue weighted by Crippen LogP contribution is 2.38. The number of benzene rings is 2. The van der Waals surface area contributed by atoms with E-state index in [0.29, 0.717) is 16.8 Å². The number of hydrogen-bond donors (Lipinski definition) is 2. The van der Waals surface area contributed by atoms with Gasteiger partial charge in [0, 0.05) is 52.1 Å². The molecule has 32 heavy (non-hydrogen) atoms. The monoisotopic (exact) mass is 431 g/mol. The van der Waals surface area contributed by atoms with Gasteiger partial charge in [-0.2, -0.15) is 0 Å². The van der Waals surface area contributed by atoms with Gasteiger partial charge in [0.25, 0.3) is 0 Å². The SMILES string of the molecule is Cc1c(CCC(=O)Nc2cccc(O)c2)c(=O)oc2c(C)c3oc4c(c3cc12)CCCC4. The number of rotatable bonds is 4. The molecule has 0 atom stereocenters. The zero-order valence-corrected chi connectivity index (χ0v) is 18.2. The summed E-state index contributed by atoms with van der Waals surface area (Å²) in [7, 11) is 0. The molecule has 0 unspecified atom stereocenters. The van der Waals surface area contributed by atoms with Crippen LogP contribution in [0.4, 0.5) is 5.69 Å². The lowest BCUT2D eigenvalue weighted by molar-refractivity contribution is -0.116. The molecule has 2 aromatic heterocycles. The first-order chi connectivity index (χ1) is 15.4. The van der Waals surface area contributed by atoms with E-state index in [1.807, 2.05) is 13.8 Å². The molecule has 1 aliphatic carbocycles. The van der Waals surface area contributed by atoms with Gasteiger partial charge < -0.3 is 19.3 Å². The van der Waals surface area contributed by atoms with Gasteiger partial charge in [-0.1, -0.05) is 6.07 Å². The third kappa shape index (κ3) is 3.45. The smallest absolute Gasteiger partial charge is 0.339 e. The summed E-state index contributed by atoms with van der Waals surface area (Å²) in [5, 5.41) is 14.3. The van der Waals surface area contributed by atoms with Crippen molar-refractivity contribution in [2.24, 2.45) is 0 Å². The molecule has 0 aliphatic heterocycles. The Bertz CT molecular complexity index is 1430. The van der Waals surface area contributed by atoms with Crippen molar-refractivity contribution >= 4 is 33.5 Å². The molecule has 1 amide bonds. The van der Waals surface area contributed by atoms with E-state index >= 15 is 0 Å². The number of phenols is 1. The van der Waals surface area contributed by atoms with Crippen molar-refractivity contribution in [3.05, 3.63) is 68.8 Å². The molecule has 5 rings (SSSR count). The number of anilines is 1. The van der Waals surface area contributed by atoms with Crippen LogP contribution in [0.5, 0.6) is 5.75 Å². The summed E-state index contributed by atoms with van der Waals surface area (Å²) < 4.78 is 11.9. The van der Waals surface area contributed by atoms with Crippen LogP contribution in [0.2, 0.25) is 0 Å². The standard InChI is InChI=1S/C26H25NO5/c1-14-18(10-11-23(29)27-16-6-5-7-17(28)12-16)26(30)32-24-15(2)25-21(13-20(14)24)19-8-3-4-9-22(19)31-25/h5-7,12-13,28H,3-4,8-11H2,1-2H3,(H,27,29). The van der Waals surface area contributed by atoms with Crippen LogP contribution >= 0.6 is 0 Å². The molecule has 164 valence electrons. The zero-order valence-electron chi connectivity index (χ0n) is 18.2. The summed E-state index contributed by atoms with van der Waals surface area (Å²) in [5.41, 5.74) is 4.94. The predicted molar refractivity (Wildman–Crippen MR) is 123 cm³/mol. The van der Waals surface area contributed by atoms with Crippen molar-refractivity contribution in [2.45, 2.75) is 52.4 Å². The van der Waals surface area contributed by atoms with Crippen LogP contribution in [-0.2, 0) is 24.1 Å². The zero-order chi connectivity index (χ0) is 22.4. The van der Waals surface area contributed by atoms with Gasteiger partial charge in [0.15, 0.2) is 0 Å². The van der Waals surface area contributed by atoms with Crippen molar-refractivity contribution in [1.29, 1.82) is 0 Å². The lowest BCUT2D eigenvalue weighted by atomic mass is 9.93. The van der Waals surface area contributed by atoms with Gasteiger partial charge >= 0.3 is 5.63 Å². The van der Waals surface area contributed by atoms with Gasteiger partial charge in [-0.25, -0.2) is 4.79 Å². The Morgan fingerprint density at radius 3 is 2.62 bits per heavy atom. The summed E-state index contributed by atoms with van der Waals surface area (Å²) in [6.07, 6.45) is 4.65. The molecule has 2 aromatic carbocycles. The minimum absolute atomic E-state index is 0.0805. The molecule has 2 N–H and O–H groups in total. The number of amides is 1. The van der Waals surface area contributed by atoms with Gasteiger partial charge in [0.1, 0.15) is 22.7 Å². The fourth-order valence-corrected chi connectivity index (χ4v) is 4.75. The summed E-state index contributed by atoms with van der Waals surface area (Å²) in [6.45, 7) is 3.85. The summed E-state index contributed by atoms with van der Waals surface area (Å²) >= 11 is 0. The molecule has 0 saturated carbocycles. The largest absolute Gasteiger partial charge is 0.508 e. The maximum absolute atomic E-state index is 12.8. The maximum atomic E-state index is 12.8. The van der Waals surface area contributed by atoms with E-state index in [4.69, 9.17) is 8.83 Å². The number of carbonyl (C=O) groups excluding carboxylic acids is 1. The molecule has 0 saturated heterocycles. The van der Waals surface area contributed by atoms with E-state index in [1.54, 1.807) is 12.1 Å². The Balaban J connectivity index is 1.49. The van der Waals surface area contributed by atoms with Gasteiger partial charge in [0.05, 0.1) is 0 Å². The quantitative estimate of drug-likeness (QED) is 0.427. The highest BCUT2D eigenvalue weighted by molar-refractivity contribution is 6.00. The number of furan rings is 1. The van der Waals surface area contributed by atoms with Crippen LogP contribution in [0.1, 0.15) is 47.3 Å². The fraction of sp³-hybridized carbons (Fsp3) is 0.308. The second-order valence-corrected chi connectivity index (χ2v) is 8.56. The van der Waals surface area contributed by atoms with Crippen molar-refractivity contribution in [3.63, 3.8) is 0 Å². The molecule has 6 nitrogen and oxygen atoms in total. The average molecular weight is 431 g/mol. The van der Waals surface area contributed by atoms with E-state index in [2.05, 4.69) is 11.4 Å². The van der Waals surface area contributed by atoms with Gasteiger partial charge in [-0.15, -0.1) is 0 Å². The molecule has 6 heteroatoms.